The average Bonchev–Trinajstić information content (AvgIpc) is 2.42. The summed E-state index contributed by atoms with van der Waals surface area (Å²) in [6.07, 6.45) is 0. The van der Waals surface area contributed by atoms with Crippen LogP contribution in [0.1, 0.15) is 5.56 Å². The van der Waals surface area contributed by atoms with Crippen molar-refractivity contribution in [3.05, 3.63) is 61.1 Å². The minimum Gasteiger partial charge on any atom is -0.454 e. The monoisotopic (exact) mass is 409 g/mol. The quantitative estimate of drug-likeness (QED) is 0.340. The third kappa shape index (κ3) is 3.80. The number of nitrogens with zero attached hydrogens (tertiary/aromatic N) is 1. The molecule has 0 aliphatic rings. The Labute approximate surface area is 143 Å². The molecule has 0 saturated heterocycles. The van der Waals surface area contributed by atoms with Gasteiger partial charge in [-0.3, -0.25) is 10.1 Å². The highest BCUT2D eigenvalue weighted by atomic mass is 79.9. The van der Waals surface area contributed by atoms with E-state index in [0.29, 0.717) is 16.1 Å². The van der Waals surface area contributed by atoms with E-state index in [9.17, 15) is 10.1 Å². The Kier molecular flexibility index (Phi) is 5.32. The number of halogens is 4. The number of rotatable bonds is 4. The van der Waals surface area contributed by atoms with Gasteiger partial charge >= 0.3 is 0 Å². The van der Waals surface area contributed by atoms with Gasteiger partial charge in [-0.05, 0) is 12.1 Å². The molecule has 0 bridgehead atoms. The summed E-state index contributed by atoms with van der Waals surface area (Å²) in [6, 6.07) is 7.50. The van der Waals surface area contributed by atoms with Crippen LogP contribution in [0, 0.1) is 10.1 Å². The molecule has 0 aliphatic carbocycles. The van der Waals surface area contributed by atoms with Crippen LogP contribution in [0.15, 0.2) is 30.3 Å². The molecule has 0 aromatic heterocycles. The van der Waals surface area contributed by atoms with Gasteiger partial charge in [-0.1, -0.05) is 56.8 Å². The van der Waals surface area contributed by atoms with Gasteiger partial charge in [0.25, 0.3) is 5.69 Å². The number of nitro benzene ring substituents is 1. The molecule has 2 aromatic carbocycles. The zero-order chi connectivity index (χ0) is 15.6. The van der Waals surface area contributed by atoms with Crippen LogP contribution >= 0.6 is 50.7 Å². The first-order valence-corrected chi connectivity index (χ1v) is 7.83. The highest BCUT2D eigenvalue weighted by Gasteiger charge is 2.17. The molecule has 8 heteroatoms. The third-order valence-electron chi connectivity index (χ3n) is 2.58. The summed E-state index contributed by atoms with van der Waals surface area (Å²) in [5.74, 6) is 0.616. The van der Waals surface area contributed by atoms with Gasteiger partial charge in [0.1, 0.15) is 5.75 Å². The second kappa shape index (κ2) is 6.83. The SMILES string of the molecule is O=[N+]([O-])c1cc(Cl)c(Oc2cc(Cl)ccc2CBr)c(Cl)c1. The number of hydrogen-bond donors (Lipinski definition) is 0. The zero-order valence-electron chi connectivity index (χ0n) is 10.3. The van der Waals surface area contributed by atoms with Crippen LogP contribution < -0.4 is 4.74 Å². The normalized spacial score (nSPS) is 10.5. The van der Waals surface area contributed by atoms with Gasteiger partial charge < -0.3 is 4.74 Å². The summed E-state index contributed by atoms with van der Waals surface area (Å²) in [5, 5.41) is 11.9. The van der Waals surface area contributed by atoms with E-state index in [2.05, 4.69) is 15.9 Å². The summed E-state index contributed by atoms with van der Waals surface area (Å²) >= 11 is 21.3. The minimum atomic E-state index is -0.579. The Hall–Kier alpha value is -1.01. The molecule has 0 N–H and O–H groups in total. The van der Waals surface area contributed by atoms with Crippen molar-refractivity contribution in [2.45, 2.75) is 5.33 Å². The van der Waals surface area contributed by atoms with E-state index >= 15 is 0 Å². The van der Waals surface area contributed by atoms with E-state index in [1.165, 1.54) is 12.1 Å². The first-order valence-electron chi connectivity index (χ1n) is 5.58. The van der Waals surface area contributed by atoms with Crippen LogP contribution in [0.25, 0.3) is 0 Å². The zero-order valence-corrected chi connectivity index (χ0v) is 14.1. The third-order valence-corrected chi connectivity index (χ3v) is 3.98. The van der Waals surface area contributed by atoms with E-state index in [4.69, 9.17) is 39.5 Å². The van der Waals surface area contributed by atoms with Crippen molar-refractivity contribution in [1.29, 1.82) is 0 Å². The van der Waals surface area contributed by atoms with Gasteiger partial charge in [-0.2, -0.15) is 0 Å². The molecule has 0 spiro atoms. The Balaban J connectivity index is 2.45. The molecule has 4 nitrogen and oxygen atoms in total. The van der Waals surface area contributed by atoms with Crippen molar-refractivity contribution in [2.24, 2.45) is 0 Å². The van der Waals surface area contributed by atoms with Gasteiger partial charge in [0.15, 0.2) is 5.75 Å². The van der Waals surface area contributed by atoms with E-state index in [-0.39, 0.29) is 21.5 Å². The fourth-order valence-electron chi connectivity index (χ4n) is 1.59. The number of alkyl halides is 1. The number of ether oxygens (including phenoxy) is 1. The van der Waals surface area contributed by atoms with Crippen molar-refractivity contribution < 1.29 is 9.66 Å². The number of nitro groups is 1. The van der Waals surface area contributed by atoms with Crippen molar-refractivity contribution in [3.8, 4) is 11.5 Å². The lowest BCUT2D eigenvalue weighted by Gasteiger charge is -2.12. The summed E-state index contributed by atoms with van der Waals surface area (Å²) in [7, 11) is 0. The standard InChI is InChI=1S/C13H7BrCl3NO3/c14-6-7-1-2-8(15)3-12(7)21-13-10(16)4-9(18(19)20)5-11(13)17/h1-5H,6H2. The number of hydrogen-bond acceptors (Lipinski definition) is 3. The van der Waals surface area contributed by atoms with Crippen molar-refractivity contribution in [2.75, 3.05) is 0 Å². The highest BCUT2D eigenvalue weighted by molar-refractivity contribution is 9.08. The summed E-state index contributed by atoms with van der Waals surface area (Å²) < 4.78 is 5.68. The largest absolute Gasteiger partial charge is 0.454 e. The Morgan fingerprint density at radius 1 is 1.14 bits per heavy atom. The van der Waals surface area contributed by atoms with E-state index < -0.39 is 4.92 Å². The van der Waals surface area contributed by atoms with Gasteiger partial charge in [-0.25, -0.2) is 0 Å². The molecular weight excluding hydrogens is 404 g/mol. The first kappa shape index (κ1) is 16.4. The average molecular weight is 411 g/mol. The van der Waals surface area contributed by atoms with Crippen molar-refractivity contribution in [3.63, 3.8) is 0 Å². The molecular formula is C13H7BrCl3NO3. The minimum absolute atomic E-state index is 0.0506. The Morgan fingerprint density at radius 3 is 2.29 bits per heavy atom. The lowest BCUT2D eigenvalue weighted by atomic mass is 10.2. The topological polar surface area (TPSA) is 52.4 Å². The Morgan fingerprint density at radius 2 is 1.76 bits per heavy atom. The molecule has 0 aliphatic heterocycles. The second-order valence-corrected chi connectivity index (χ2v) is 5.79. The maximum Gasteiger partial charge on any atom is 0.272 e. The number of non-ortho nitro benzene ring substituents is 1. The fraction of sp³-hybridized carbons (Fsp3) is 0.0769. The highest BCUT2D eigenvalue weighted by Crippen LogP contribution is 2.41. The molecule has 0 atom stereocenters. The number of benzene rings is 2. The molecule has 0 heterocycles. The van der Waals surface area contributed by atoms with Crippen LogP contribution in [0.5, 0.6) is 11.5 Å². The maximum atomic E-state index is 10.7. The lowest BCUT2D eigenvalue weighted by molar-refractivity contribution is -0.384. The van der Waals surface area contributed by atoms with Gasteiger partial charge in [0, 0.05) is 28.0 Å². The molecule has 0 unspecified atom stereocenters. The fourth-order valence-corrected chi connectivity index (χ4v) is 2.77. The Bertz CT molecular complexity index is 686. The van der Waals surface area contributed by atoms with Crippen LogP contribution in [-0.2, 0) is 5.33 Å². The molecule has 110 valence electrons. The van der Waals surface area contributed by atoms with Gasteiger partial charge in [0.2, 0.25) is 0 Å². The molecule has 0 fully saturated rings. The molecule has 21 heavy (non-hydrogen) atoms. The van der Waals surface area contributed by atoms with E-state index in [1.54, 1.807) is 18.2 Å². The van der Waals surface area contributed by atoms with Crippen molar-refractivity contribution >= 4 is 56.4 Å². The summed E-state index contributed by atoms with van der Waals surface area (Å²) in [5.41, 5.74) is 0.633. The second-order valence-electron chi connectivity index (χ2n) is 3.98. The van der Waals surface area contributed by atoms with E-state index in [1.807, 2.05) is 0 Å². The molecule has 0 radical (unpaired) electrons. The van der Waals surface area contributed by atoms with Crippen molar-refractivity contribution in [1.82, 2.24) is 0 Å². The molecule has 2 rings (SSSR count). The first-order chi connectivity index (χ1) is 9.92. The van der Waals surface area contributed by atoms with Crippen LogP contribution in [0.3, 0.4) is 0 Å². The molecule has 0 amide bonds. The van der Waals surface area contributed by atoms with Crippen LogP contribution in [-0.4, -0.2) is 4.92 Å². The summed E-state index contributed by atoms with van der Waals surface area (Å²) in [4.78, 5) is 10.2. The van der Waals surface area contributed by atoms with Crippen LogP contribution in [0.4, 0.5) is 5.69 Å². The van der Waals surface area contributed by atoms with Gasteiger partial charge in [0.05, 0.1) is 15.0 Å². The van der Waals surface area contributed by atoms with E-state index in [0.717, 1.165) is 5.56 Å². The molecule has 2 aromatic rings. The maximum absolute atomic E-state index is 10.7. The van der Waals surface area contributed by atoms with Crippen LogP contribution in [0.2, 0.25) is 15.1 Å². The lowest BCUT2D eigenvalue weighted by Crippen LogP contribution is -1.93. The molecule has 0 saturated carbocycles. The van der Waals surface area contributed by atoms with Gasteiger partial charge in [-0.15, -0.1) is 0 Å². The summed E-state index contributed by atoms with van der Waals surface area (Å²) in [6.45, 7) is 0. The predicted molar refractivity (Wildman–Crippen MR) is 87.3 cm³/mol. The smallest absolute Gasteiger partial charge is 0.272 e. The predicted octanol–water partition coefficient (Wildman–Crippen LogP) is 6.24.